The molecule has 1 aliphatic carbocycles. The van der Waals surface area contributed by atoms with Crippen molar-refractivity contribution in [2.24, 2.45) is 0 Å². The van der Waals surface area contributed by atoms with Crippen molar-refractivity contribution in [1.29, 1.82) is 0 Å². The quantitative estimate of drug-likeness (QED) is 0.879. The van der Waals surface area contributed by atoms with Crippen molar-refractivity contribution in [3.63, 3.8) is 0 Å². The minimum absolute atomic E-state index is 0.00837. The molecule has 0 unspecified atom stereocenters. The number of nitrogens with one attached hydrogen (secondary N) is 1. The molecule has 1 fully saturated rings. The number of carbonyl (C=O) groups is 1. The molecule has 1 heterocycles. The maximum Gasteiger partial charge on any atom is 0.280 e. The number of rotatable bonds is 5. The van der Waals surface area contributed by atoms with Gasteiger partial charge in [-0.3, -0.25) is 9.48 Å². The van der Waals surface area contributed by atoms with Crippen LogP contribution in [0.2, 0.25) is 0 Å². The van der Waals surface area contributed by atoms with Gasteiger partial charge in [0.25, 0.3) is 6.43 Å². The summed E-state index contributed by atoms with van der Waals surface area (Å²) in [4.78, 5) is 11.6. The van der Waals surface area contributed by atoms with Gasteiger partial charge >= 0.3 is 0 Å². The molecule has 1 aliphatic rings. The van der Waals surface area contributed by atoms with Crippen LogP contribution in [0.4, 0.5) is 8.78 Å². The van der Waals surface area contributed by atoms with Crippen LogP contribution < -0.4 is 5.32 Å². The van der Waals surface area contributed by atoms with Crippen LogP contribution in [0.5, 0.6) is 0 Å². The standard InChI is InChI=1S/C12H17F2N3O/c1-7(2)15-11(18)6-17-10(12(13)14)5-9(16-17)8-3-4-8/h5,7-8,12H,3-4,6H2,1-2H3,(H,15,18). The maximum atomic E-state index is 12.8. The van der Waals surface area contributed by atoms with Gasteiger partial charge in [0.15, 0.2) is 0 Å². The lowest BCUT2D eigenvalue weighted by Crippen LogP contribution is -2.33. The van der Waals surface area contributed by atoms with Gasteiger partial charge in [-0.25, -0.2) is 8.78 Å². The number of carbonyl (C=O) groups excluding carboxylic acids is 1. The molecule has 0 saturated heterocycles. The van der Waals surface area contributed by atoms with Gasteiger partial charge in [0.1, 0.15) is 12.2 Å². The molecule has 1 N–H and O–H groups in total. The zero-order chi connectivity index (χ0) is 13.3. The molecule has 1 aromatic heterocycles. The van der Waals surface area contributed by atoms with Crippen molar-refractivity contribution in [3.05, 3.63) is 17.5 Å². The average Bonchev–Trinajstić information content (AvgIpc) is 2.99. The summed E-state index contributed by atoms with van der Waals surface area (Å²) in [6, 6.07) is 1.41. The van der Waals surface area contributed by atoms with E-state index in [2.05, 4.69) is 10.4 Å². The summed E-state index contributed by atoms with van der Waals surface area (Å²) in [7, 11) is 0. The molecule has 0 radical (unpaired) electrons. The second-order valence-electron chi connectivity index (χ2n) is 4.95. The number of amides is 1. The fourth-order valence-corrected chi connectivity index (χ4v) is 1.84. The van der Waals surface area contributed by atoms with Crippen LogP contribution in [-0.2, 0) is 11.3 Å². The smallest absolute Gasteiger partial charge is 0.280 e. The van der Waals surface area contributed by atoms with Crippen molar-refractivity contribution in [2.75, 3.05) is 0 Å². The lowest BCUT2D eigenvalue weighted by Gasteiger charge is -2.10. The molecule has 1 amide bonds. The summed E-state index contributed by atoms with van der Waals surface area (Å²) < 4.78 is 26.8. The van der Waals surface area contributed by atoms with Crippen molar-refractivity contribution < 1.29 is 13.6 Å². The first-order valence-electron chi connectivity index (χ1n) is 6.12. The van der Waals surface area contributed by atoms with Gasteiger partial charge in [0.2, 0.25) is 5.91 Å². The lowest BCUT2D eigenvalue weighted by molar-refractivity contribution is -0.122. The van der Waals surface area contributed by atoms with Crippen LogP contribution >= 0.6 is 0 Å². The van der Waals surface area contributed by atoms with Crippen LogP contribution in [0, 0.1) is 0 Å². The van der Waals surface area contributed by atoms with Crippen molar-refractivity contribution in [3.8, 4) is 0 Å². The molecule has 1 saturated carbocycles. The molecule has 0 atom stereocenters. The summed E-state index contributed by atoms with van der Waals surface area (Å²) in [5.74, 6) is 0.00857. The molecule has 18 heavy (non-hydrogen) atoms. The Kier molecular flexibility index (Phi) is 3.63. The number of nitrogens with zero attached hydrogens (tertiary/aromatic N) is 2. The van der Waals surface area contributed by atoms with Gasteiger partial charge in [-0.1, -0.05) is 0 Å². The van der Waals surface area contributed by atoms with E-state index in [0.717, 1.165) is 17.5 Å². The molecular formula is C12H17F2N3O. The van der Waals surface area contributed by atoms with Crippen molar-refractivity contribution in [2.45, 2.75) is 51.6 Å². The van der Waals surface area contributed by atoms with E-state index in [0.29, 0.717) is 11.6 Å². The highest BCUT2D eigenvalue weighted by molar-refractivity contribution is 5.75. The lowest BCUT2D eigenvalue weighted by atomic mass is 10.3. The first kappa shape index (κ1) is 13.0. The predicted molar refractivity (Wildman–Crippen MR) is 62.4 cm³/mol. The molecule has 0 aromatic carbocycles. The predicted octanol–water partition coefficient (Wildman–Crippen LogP) is 2.22. The van der Waals surface area contributed by atoms with Crippen LogP contribution in [0.1, 0.15) is 50.4 Å². The number of aromatic nitrogens is 2. The Hall–Kier alpha value is -1.46. The van der Waals surface area contributed by atoms with Gasteiger partial charge in [0.05, 0.1) is 5.69 Å². The highest BCUT2D eigenvalue weighted by atomic mass is 19.3. The van der Waals surface area contributed by atoms with Crippen LogP contribution in [0.25, 0.3) is 0 Å². The van der Waals surface area contributed by atoms with Gasteiger partial charge in [-0.2, -0.15) is 5.10 Å². The molecular weight excluding hydrogens is 240 g/mol. The summed E-state index contributed by atoms with van der Waals surface area (Å²) in [5, 5.41) is 6.78. The van der Waals surface area contributed by atoms with E-state index < -0.39 is 6.43 Å². The van der Waals surface area contributed by atoms with Crippen LogP contribution in [0.3, 0.4) is 0 Å². The monoisotopic (exact) mass is 257 g/mol. The fraction of sp³-hybridized carbons (Fsp3) is 0.667. The number of hydrogen-bond acceptors (Lipinski definition) is 2. The van der Waals surface area contributed by atoms with E-state index in [1.807, 2.05) is 13.8 Å². The number of halogens is 2. The van der Waals surface area contributed by atoms with Gasteiger partial charge in [-0.15, -0.1) is 0 Å². The third-order valence-electron chi connectivity index (χ3n) is 2.79. The Morgan fingerprint density at radius 3 is 2.72 bits per heavy atom. The Morgan fingerprint density at radius 2 is 2.22 bits per heavy atom. The second-order valence-corrected chi connectivity index (χ2v) is 4.95. The molecule has 100 valence electrons. The van der Waals surface area contributed by atoms with E-state index in [-0.39, 0.29) is 24.2 Å². The molecule has 0 bridgehead atoms. The Labute approximate surface area is 104 Å². The normalized spacial score (nSPS) is 15.4. The first-order chi connectivity index (χ1) is 8.47. The molecule has 4 nitrogen and oxygen atoms in total. The van der Waals surface area contributed by atoms with E-state index in [9.17, 15) is 13.6 Å². The van der Waals surface area contributed by atoms with Crippen molar-refractivity contribution in [1.82, 2.24) is 15.1 Å². The van der Waals surface area contributed by atoms with Gasteiger partial charge < -0.3 is 5.32 Å². The minimum atomic E-state index is -2.60. The fourth-order valence-electron chi connectivity index (χ4n) is 1.84. The van der Waals surface area contributed by atoms with E-state index >= 15 is 0 Å². The summed E-state index contributed by atoms with van der Waals surface area (Å²) in [6.45, 7) is 3.50. The molecule has 1 aromatic rings. The Bertz CT molecular complexity index is 439. The van der Waals surface area contributed by atoms with Gasteiger partial charge in [-0.05, 0) is 32.8 Å². The SMILES string of the molecule is CC(C)NC(=O)Cn1nc(C2CC2)cc1C(F)F. The topological polar surface area (TPSA) is 46.9 Å². The number of alkyl halides is 2. The Balaban J connectivity index is 2.12. The third kappa shape index (κ3) is 3.05. The summed E-state index contributed by atoms with van der Waals surface area (Å²) >= 11 is 0. The summed E-state index contributed by atoms with van der Waals surface area (Å²) in [6.07, 6.45) is -0.604. The van der Waals surface area contributed by atoms with Gasteiger partial charge in [0, 0.05) is 12.0 Å². The maximum absolute atomic E-state index is 12.8. The zero-order valence-corrected chi connectivity index (χ0v) is 10.5. The molecule has 2 rings (SSSR count). The molecule has 0 aliphatic heterocycles. The van der Waals surface area contributed by atoms with Crippen molar-refractivity contribution >= 4 is 5.91 Å². The highest BCUT2D eigenvalue weighted by Crippen LogP contribution is 2.40. The van der Waals surface area contributed by atoms with Crippen LogP contribution in [0.15, 0.2) is 6.07 Å². The zero-order valence-electron chi connectivity index (χ0n) is 10.5. The van der Waals surface area contributed by atoms with E-state index in [1.165, 1.54) is 6.07 Å². The van der Waals surface area contributed by atoms with Crippen LogP contribution in [-0.4, -0.2) is 21.7 Å². The third-order valence-corrected chi connectivity index (χ3v) is 2.79. The minimum Gasteiger partial charge on any atom is -0.352 e. The molecule has 0 spiro atoms. The highest BCUT2D eigenvalue weighted by Gasteiger charge is 2.29. The average molecular weight is 257 g/mol. The molecule has 6 heteroatoms. The second kappa shape index (κ2) is 5.04. The largest absolute Gasteiger partial charge is 0.352 e. The number of hydrogen-bond donors (Lipinski definition) is 1. The van der Waals surface area contributed by atoms with E-state index in [1.54, 1.807) is 0 Å². The first-order valence-corrected chi connectivity index (χ1v) is 6.12. The van der Waals surface area contributed by atoms with E-state index in [4.69, 9.17) is 0 Å². The summed E-state index contributed by atoms with van der Waals surface area (Å²) in [5.41, 5.74) is 0.512. The Morgan fingerprint density at radius 1 is 1.56 bits per heavy atom.